The lowest BCUT2D eigenvalue weighted by molar-refractivity contribution is -0.121. The first-order chi connectivity index (χ1) is 7.06. The molecule has 0 aliphatic heterocycles. The summed E-state index contributed by atoms with van der Waals surface area (Å²) in [6.45, 7) is 6.92. The zero-order valence-electron chi connectivity index (χ0n) is 10.2. The third kappa shape index (κ3) is 9.34. The van der Waals surface area contributed by atoms with Gasteiger partial charge in [-0.2, -0.15) is 0 Å². The lowest BCUT2D eigenvalue weighted by Gasteiger charge is -2.11. The molecule has 86 valence electrons. The Balaban J connectivity index is 3.51. The summed E-state index contributed by atoms with van der Waals surface area (Å²) in [6.07, 6.45) is 9.24. The number of terminal acetylenes is 1. The predicted molar refractivity (Wildman–Crippen MR) is 64.3 cm³/mol. The molecule has 0 aromatic rings. The molecule has 0 fully saturated rings. The van der Waals surface area contributed by atoms with E-state index >= 15 is 0 Å². The van der Waals surface area contributed by atoms with E-state index < -0.39 is 0 Å². The molecule has 0 aliphatic rings. The van der Waals surface area contributed by atoms with Crippen molar-refractivity contribution in [1.29, 1.82) is 0 Å². The Morgan fingerprint density at radius 1 is 1.33 bits per heavy atom. The van der Waals surface area contributed by atoms with E-state index in [1.807, 2.05) is 0 Å². The maximum Gasteiger partial charge on any atom is 0.221 e. The molecule has 0 aromatic heterocycles. The molecule has 0 saturated heterocycles. The third-order valence-electron chi connectivity index (χ3n) is 2.40. The molecule has 1 amide bonds. The smallest absolute Gasteiger partial charge is 0.221 e. The van der Waals surface area contributed by atoms with Gasteiger partial charge < -0.3 is 5.32 Å². The van der Waals surface area contributed by atoms with Crippen molar-refractivity contribution >= 4 is 5.91 Å². The first kappa shape index (κ1) is 14.0. The number of hydrogen-bond donors (Lipinski definition) is 1. The third-order valence-corrected chi connectivity index (χ3v) is 2.40. The molecule has 0 heterocycles. The van der Waals surface area contributed by atoms with Crippen molar-refractivity contribution in [3.63, 3.8) is 0 Å². The molecule has 0 unspecified atom stereocenters. The SMILES string of the molecule is C#CCNC(=O)C[C@@H](C)CCCC(C)C. The fourth-order valence-electron chi connectivity index (χ4n) is 1.51. The maximum atomic E-state index is 11.3. The van der Waals surface area contributed by atoms with Gasteiger partial charge in [0.15, 0.2) is 0 Å². The summed E-state index contributed by atoms with van der Waals surface area (Å²) < 4.78 is 0. The van der Waals surface area contributed by atoms with E-state index in [1.165, 1.54) is 12.8 Å². The van der Waals surface area contributed by atoms with Crippen LogP contribution < -0.4 is 5.32 Å². The summed E-state index contributed by atoms with van der Waals surface area (Å²) >= 11 is 0. The zero-order valence-corrected chi connectivity index (χ0v) is 10.2. The summed E-state index contributed by atoms with van der Waals surface area (Å²) in [5.74, 6) is 3.69. The van der Waals surface area contributed by atoms with Gasteiger partial charge in [0, 0.05) is 6.42 Å². The Bertz CT molecular complexity index is 215. The molecule has 2 nitrogen and oxygen atoms in total. The van der Waals surface area contributed by atoms with Crippen LogP contribution in [0, 0.1) is 24.2 Å². The van der Waals surface area contributed by atoms with Crippen LogP contribution in [0.15, 0.2) is 0 Å². The fraction of sp³-hybridized carbons (Fsp3) is 0.769. The summed E-state index contributed by atoms with van der Waals surface area (Å²) in [5.41, 5.74) is 0. The molecule has 0 aliphatic carbocycles. The minimum Gasteiger partial charge on any atom is -0.345 e. The van der Waals surface area contributed by atoms with Crippen LogP contribution in [0.1, 0.15) is 46.5 Å². The van der Waals surface area contributed by atoms with Crippen LogP contribution in [0.4, 0.5) is 0 Å². The van der Waals surface area contributed by atoms with Gasteiger partial charge in [-0.05, 0) is 11.8 Å². The van der Waals surface area contributed by atoms with E-state index in [-0.39, 0.29) is 5.91 Å². The normalized spacial score (nSPS) is 12.2. The highest BCUT2D eigenvalue weighted by molar-refractivity contribution is 5.76. The van der Waals surface area contributed by atoms with E-state index in [0.717, 1.165) is 12.3 Å². The van der Waals surface area contributed by atoms with Crippen LogP contribution in [-0.2, 0) is 4.79 Å². The van der Waals surface area contributed by atoms with Crippen molar-refractivity contribution in [1.82, 2.24) is 5.32 Å². The van der Waals surface area contributed by atoms with E-state index in [0.29, 0.717) is 18.9 Å². The van der Waals surface area contributed by atoms with Crippen LogP contribution in [0.3, 0.4) is 0 Å². The van der Waals surface area contributed by atoms with E-state index in [9.17, 15) is 4.79 Å². The first-order valence-corrected chi connectivity index (χ1v) is 5.76. The van der Waals surface area contributed by atoms with Gasteiger partial charge in [-0.15, -0.1) is 6.42 Å². The molecule has 1 atom stereocenters. The van der Waals surface area contributed by atoms with Crippen molar-refractivity contribution in [3.05, 3.63) is 0 Å². The molecule has 0 aromatic carbocycles. The quantitative estimate of drug-likeness (QED) is 0.642. The predicted octanol–water partition coefficient (Wildman–Crippen LogP) is 2.59. The first-order valence-electron chi connectivity index (χ1n) is 5.76. The zero-order chi connectivity index (χ0) is 11.7. The number of rotatable bonds is 7. The summed E-state index contributed by atoms with van der Waals surface area (Å²) in [7, 11) is 0. The van der Waals surface area contributed by atoms with E-state index in [1.54, 1.807) is 0 Å². The summed E-state index contributed by atoms with van der Waals surface area (Å²) in [5, 5.41) is 2.69. The van der Waals surface area contributed by atoms with Gasteiger partial charge in [0.2, 0.25) is 5.91 Å². The molecule has 2 heteroatoms. The van der Waals surface area contributed by atoms with Crippen molar-refractivity contribution < 1.29 is 4.79 Å². The van der Waals surface area contributed by atoms with Crippen LogP contribution in [0.5, 0.6) is 0 Å². The second-order valence-corrected chi connectivity index (χ2v) is 4.61. The maximum absolute atomic E-state index is 11.3. The number of carbonyl (C=O) groups is 1. The second-order valence-electron chi connectivity index (χ2n) is 4.61. The molecule has 0 rings (SSSR count). The number of carbonyl (C=O) groups excluding carboxylic acids is 1. The Morgan fingerprint density at radius 3 is 2.53 bits per heavy atom. The van der Waals surface area contributed by atoms with Gasteiger partial charge in [-0.1, -0.05) is 46.0 Å². The second kappa shape index (κ2) is 8.35. The van der Waals surface area contributed by atoms with Crippen molar-refractivity contribution in [2.45, 2.75) is 46.5 Å². The minimum atomic E-state index is 0.0741. The molecule has 0 radical (unpaired) electrons. The van der Waals surface area contributed by atoms with Crippen molar-refractivity contribution in [2.24, 2.45) is 11.8 Å². The van der Waals surface area contributed by atoms with Gasteiger partial charge >= 0.3 is 0 Å². The highest BCUT2D eigenvalue weighted by Gasteiger charge is 2.08. The molecule has 0 spiro atoms. The number of hydrogen-bond acceptors (Lipinski definition) is 1. The van der Waals surface area contributed by atoms with Crippen LogP contribution in [0.25, 0.3) is 0 Å². The van der Waals surface area contributed by atoms with Gasteiger partial charge in [0.25, 0.3) is 0 Å². The summed E-state index contributed by atoms with van der Waals surface area (Å²) in [4.78, 5) is 11.3. The highest BCUT2D eigenvalue weighted by Crippen LogP contribution is 2.14. The average molecular weight is 209 g/mol. The summed E-state index contributed by atoms with van der Waals surface area (Å²) in [6, 6.07) is 0. The van der Waals surface area contributed by atoms with E-state index in [4.69, 9.17) is 6.42 Å². The highest BCUT2D eigenvalue weighted by atomic mass is 16.1. The minimum absolute atomic E-state index is 0.0741. The van der Waals surface area contributed by atoms with Gasteiger partial charge in [0.1, 0.15) is 0 Å². The van der Waals surface area contributed by atoms with E-state index in [2.05, 4.69) is 32.0 Å². The van der Waals surface area contributed by atoms with Crippen molar-refractivity contribution in [3.8, 4) is 12.3 Å². The number of amides is 1. The monoisotopic (exact) mass is 209 g/mol. The Morgan fingerprint density at radius 2 is 2.00 bits per heavy atom. The molecule has 0 bridgehead atoms. The van der Waals surface area contributed by atoms with Gasteiger partial charge in [-0.25, -0.2) is 0 Å². The molecule has 0 saturated carbocycles. The fourth-order valence-corrected chi connectivity index (χ4v) is 1.51. The van der Waals surface area contributed by atoms with Crippen molar-refractivity contribution in [2.75, 3.05) is 6.54 Å². The Labute approximate surface area is 93.8 Å². The molecule has 1 N–H and O–H groups in total. The topological polar surface area (TPSA) is 29.1 Å². The Hall–Kier alpha value is -0.970. The molecular formula is C13H23NO. The standard InChI is InChI=1S/C13H23NO/c1-5-9-14-13(15)10-12(4)8-6-7-11(2)3/h1,11-12H,6-10H2,2-4H3,(H,14,15)/t12-/m0/s1. The number of nitrogens with one attached hydrogen (secondary N) is 1. The lowest BCUT2D eigenvalue weighted by atomic mass is 9.97. The molecule has 15 heavy (non-hydrogen) atoms. The lowest BCUT2D eigenvalue weighted by Crippen LogP contribution is -2.25. The van der Waals surface area contributed by atoms with Gasteiger partial charge in [0.05, 0.1) is 6.54 Å². The van der Waals surface area contributed by atoms with Gasteiger partial charge in [-0.3, -0.25) is 4.79 Å². The largest absolute Gasteiger partial charge is 0.345 e. The van der Waals surface area contributed by atoms with Crippen LogP contribution in [-0.4, -0.2) is 12.5 Å². The Kier molecular flexibility index (Phi) is 7.81. The molecular weight excluding hydrogens is 186 g/mol. The van der Waals surface area contributed by atoms with Crippen LogP contribution in [0.2, 0.25) is 0 Å². The van der Waals surface area contributed by atoms with Crippen LogP contribution >= 0.6 is 0 Å². The average Bonchev–Trinajstić information content (AvgIpc) is 2.14.